The van der Waals surface area contributed by atoms with Crippen LogP contribution in [0, 0.1) is 13.8 Å². The van der Waals surface area contributed by atoms with E-state index in [0.29, 0.717) is 0 Å². The van der Waals surface area contributed by atoms with E-state index in [4.69, 9.17) is 0 Å². The van der Waals surface area contributed by atoms with Crippen LogP contribution in [0.3, 0.4) is 0 Å². The van der Waals surface area contributed by atoms with Crippen LogP contribution in [0.25, 0.3) is 0 Å². The van der Waals surface area contributed by atoms with Crippen molar-refractivity contribution in [2.75, 3.05) is 0 Å². The van der Waals surface area contributed by atoms with Crippen molar-refractivity contribution in [1.82, 2.24) is 0 Å². The quantitative estimate of drug-likeness (QED) is 0.378. The molecule has 2 rings (SSSR count). The van der Waals surface area contributed by atoms with Gasteiger partial charge in [-0.1, -0.05) is 75.9 Å². The molecule has 0 nitrogen and oxygen atoms in total. The molecule has 2 aromatic rings. The summed E-state index contributed by atoms with van der Waals surface area (Å²) in [6.45, 7) is 4.22. The summed E-state index contributed by atoms with van der Waals surface area (Å²) >= 11 is 14.7. The van der Waals surface area contributed by atoms with Crippen molar-refractivity contribution in [3.05, 3.63) is 66.0 Å². The number of hydrogen-bond donors (Lipinski definition) is 0. The van der Waals surface area contributed by atoms with E-state index >= 15 is 0 Å². The molecule has 0 amide bonds. The summed E-state index contributed by atoms with van der Waals surface area (Å²) < 4.78 is 3.38. The largest absolute Gasteiger partial charge is 0.0786 e. The van der Waals surface area contributed by atoms with Crippen LogP contribution < -0.4 is 0 Å². The topological polar surface area (TPSA) is 0 Å². The summed E-state index contributed by atoms with van der Waals surface area (Å²) in [5.74, 6) is 0. The van der Waals surface area contributed by atoms with Crippen LogP contribution in [0.5, 0.6) is 0 Å². The third-order valence-electron chi connectivity index (χ3n) is 3.13. The van der Waals surface area contributed by atoms with Gasteiger partial charge in [0, 0.05) is 13.4 Å². The normalized spacial score (nSPS) is 12.5. The molecular formula is C15H12Br4. The maximum atomic E-state index is 3.82. The molecule has 0 bridgehead atoms. The first-order valence-electron chi connectivity index (χ1n) is 5.76. The zero-order chi connectivity index (χ0) is 14.2. The highest BCUT2D eigenvalue weighted by atomic mass is 79.9. The summed E-state index contributed by atoms with van der Waals surface area (Å²) in [6, 6.07) is 10.6. The Labute approximate surface area is 147 Å². The molecule has 4 heteroatoms. The third-order valence-corrected chi connectivity index (χ3v) is 6.52. The zero-order valence-corrected chi connectivity index (χ0v) is 16.8. The molecule has 0 heterocycles. The lowest BCUT2D eigenvalue weighted by Gasteiger charge is -2.17. The van der Waals surface area contributed by atoms with Gasteiger partial charge < -0.3 is 0 Å². The number of aryl methyl sites for hydroxylation is 1. The highest BCUT2D eigenvalue weighted by molar-refractivity contribution is 9.11. The number of rotatable bonds is 2. The average Bonchev–Trinajstić information content (AvgIpc) is 2.36. The van der Waals surface area contributed by atoms with Gasteiger partial charge in [-0.05, 0) is 54.3 Å². The Morgan fingerprint density at radius 1 is 0.842 bits per heavy atom. The highest BCUT2D eigenvalue weighted by Gasteiger charge is 2.17. The van der Waals surface area contributed by atoms with Crippen molar-refractivity contribution in [3.8, 4) is 0 Å². The molecule has 0 fully saturated rings. The van der Waals surface area contributed by atoms with E-state index in [1.807, 2.05) is 0 Å². The van der Waals surface area contributed by atoms with Crippen molar-refractivity contribution < 1.29 is 0 Å². The van der Waals surface area contributed by atoms with E-state index in [0.717, 1.165) is 13.4 Å². The second-order valence-electron chi connectivity index (χ2n) is 4.44. The molecule has 0 aliphatic rings. The van der Waals surface area contributed by atoms with Crippen molar-refractivity contribution in [1.29, 1.82) is 0 Å². The zero-order valence-electron chi connectivity index (χ0n) is 10.5. The predicted molar refractivity (Wildman–Crippen MR) is 96.2 cm³/mol. The molecule has 0 aliphatic heterocycles. The van der Waals surface area contributed by atoms with E-state index in [-0.39, 0.29) is 4.83 Å². The van der Waals surface area contributed by atoms with Crippen molar-refractivity contribution in [2.24, 2.45) is 0 Å². The Kier molecular flexibility index (Phi) is 5.32. The van der Waals surface area contributed by atoms with Crippen molar-refractivity contribution in [2.45, 2.75) is 18.7 Å². The molecule has 0 aromatic heterocycles. The fourth-order valence-corrected chi connectivity index (χ4v) is 4.53. The molecule has 0 radical (unpaired) electrons. The van der Waals surface area contributed by atoms with Gasteiger partial charge in [0.2, 0.25) is 0 Å². The Morgan fingerprint density at radius 2 is 1.53 bits per heavy atom. The van der Waals surface area contributed by atoms with Gasteiger partial charge in [-0.15, -0.1) is 0 Å². The first kappa shape index (κ1) is 15.7. The van der Waals surface area contributed by atoms with Crippen molar-refractivity contribution >= 4 is 63.7 Å². The van der Waals surface area contributed by atoms with Crippen molar-refractivity contribution in [3.63, 3.8) is 0 Å². The number of alkyl halides is 1. The Hall–Kier alpha value is 0.360. The van der Waals surface area contributed by atoms with E-state index in [9.17, 15) is 0 Å². The van der Waals surface area contributed by atoms with Crippen LogP contribution >= 0.6 is 63.7 Å². The maximum Gasteiger partial charge on any atom is 0.0658 e. The van der Waals surface area contributed by atoms with Gasteiger partial charge in [0.05, 0.1) is 4.83 Å². The van der Waals surface area contributed by atoms with E-state index in [1.165, 1.54) is 22.3 Å². The maximum absolute atomic E-state index is 3.82. The molecule has 1 unspecified atom stereocenters. The fraction of sp³-hybridized carbons (Fsp3) is 0.200. The minimum atomic E-state index is 0.163. The van der Waals surface area contributed by atoms with Gasteiger partial charge in [-0.2, -0.15) is 0 Å². The summed E-state index contributed by atoms with van der Waals surface area (Å²) in [4.78, 5) is 0.163. The monoisotopic (exact) mass is 508 g/mol. The highest BCUT2D eigenvalue weighted by Crippen LogP contribution is 2.40. The SMILES string of the molecule is Cc1cc(Br)c(C(Br)c2cccc(Br)c2C)cc1Br. The molecule has 0 aliphatic carbocycles. The second-order valence-corrected chi connectivity index (χ2v) is 7.92. The first-order valence-corrected chi connectivity index (χ1v) is 9.06. The van der Waals surface area contributed by atoms with Gasteiger partial charge >= 0.3 is 0 Å². The Balaban J connectivity index is 2.53. The lowest BCUT2D eigenvalue weighted by Crippen LogP contribution is -1.98. The molecule has 0 saturated heterocycles. The van der Waals surface area contributed by atoms with Gasteiger partial charge in [0.25, 0.3) is 0 Å². The average molecular weight is 512 g/mol. The number of halogens is 4. The standard InChI is InChI=1S/C15H12Br4/c1-8-6-14(18)11(7-13(8)17)15(19)10-4-3-5-12(16)9(10)2/h3-7,15H,1-2H3. The molecule has 19 heavy (non-hydrogen) atoms. The minimum absolute atomic E-state index is 0.163. The molecule has 0 N–H and O–H groups in total. The lowest BCUT2D eigenvalue weighted by molar-refractivity contribution is 1.12. The first-order chi connectivity index (χ1) is 8.91. The summed E-state index contributed by atoms with van der Waals surface area (Å²) in [6.07, 6.45) is 0. The second kappa shape index (κ2) is 6.42. The van der Waals surface area contributed by atoms with E-state index in [1.54, 1.807) is 0 Å². The Bertz CT molecular complexity index is 620. The van der Waals surface area contributed by atoms with Crippen LogP contribution in [0.2, 0.25) is 0 Å². The molecule has 100 valence electrons. The van der Waals surface area contributed by atoms with Crippen LogP contribution in [0.1, 0.15) is 27.1 Å². The molecular weight excluding hydrogens is 500 g/mol. The van der Waals surface area contributed by atoms with E-state index < -0.39 is 0 Å². The van der Waals surface area contributed by atoms with Gasteiger partial charge in [-0.3, -0.25) is 0 Å². The van der Waals surface area contributed by atoms with E-state index in [2.05, 4.69) is 108 Å². The van der Waals surface area contributed by atoms with Crippen LogP contribution in [0.4, 0.5) is 0 Å². The Morgan fingerprint density at radius 3 is 2.21 bits per heavy atom. The number of benzene rings is 2. The van der Waals surface area contributed by atoms with Crippen LogP contribution in [-0.4, -0.2) is 0 Å². The molecule has 2 aromatic carbocycles. The van der Waals surface area contributed by atoms with Crippen LogP contribution in [-0.2, 0) is 0 Å². The fourth-order valence-electron chi connectivity index (χ4n) is 1.92. The molecule has 0 saturated carbocycles. The lowest BCUT2D eigenvalue weighted by atomic mass is 10.00. The summed E-state index contributed by atoms with van der Waals surface area (Å²) in [5.41, 5.74) is 4.97. The third kappa shape index (κ3) is 3.34. The van der Waals surface area contributed by atoms with Crippen LogP contribution in [0.15, 0.2) is 43.7 Å². The van der Waals surface area contributed by atoms with Gasteiger partial charge in [0.15, 0.2) is 0 Å². The summed E-state index contributed by atoms with van der Waals surface area (Å²) in [5, 5.41) is 0. The molecule has 0 spiro atoms. The molecule has 1 atom stereocenters. The number of hydrogen-bond acceptors (Lipinski definition) is 0. The minimum Gasteiger partial charge on any atom is -0.0786 e. The van der Waals surface area contributed by atoms with Gasteiger partial charge in [0.1, 0.15) is 0 Å². The predicted octanol–water partition coefficient (Wildman–Crippen LogP) is 7.08. The van der Waals surface area contributed by atoms with Gasteiger partial charge in [-0.25, -0.2) is 0 Å². The smallest absolute Gasteiger partial charge is 0.0658 e. The summed E-state index contributed by atoms with van der Waals surface area (Å²) in [7, 11) is 0.